The molecule has 1 aromatic rings. The molecule has 0 aliphatic heterocycles. The third-order valence-electron chi connectivity index (χ3n) is 4.11. The van der Waals surface area contributed by atoms with Crippen molar-refractivity contribution in [3.8, 4) is 5.75 Å². The Morgan fingerprint density at radius 2 is 1.89 bits per heavy atom. The molecule has 2 rings (SSSR count). The average Bonchev–Trinajstić information content (AvgIpc) is 2.90. The van der Waals surface area contributed by atoms with Gasteiger partial charge in [0.25, 0.3) is 0 Å². The van der Waals surface area contributed by atoms with E-state index in [1.165, 1.54) is 0 Å². The Bertz CT molecular complexity index is 436. The van der Waals surface area contributed by atoms with Crippen LogP contribution < -0.4 is 5.73 Å². The number of phenols is 1. The normalized spacial score (nSPS) is 17.4. The number of carbonyl (C=O) groups is 1. The van der Waals surface area contributed by atoms with E-state index in [9.17, 15) is 9.90 Å². The predicted octanol–water partition coefficient (Wildman–Crippen LogP) is 1.87. The molecule has 0 radical (unpaired) electrons. The molecule has 1 fully saturated rings. The topological polar surface area (TPSA) is 66.6 Å². The summed E-state index contributed by atoms with van der Waals surface area (Å²) < 4.78 is 0. The zero-order chi connectivity index (χ0) is 13.9. The van der Waals surface area contributed by atoms with E-state index in [0.29, 0.717) is 13.1 Å². The monoisotopic (exact) mass is 262 g/mol. The van der Waals surface area contributed by atoms with E-state index in [0.717, 1.165) is 31.2 Å². The molecule has 0 aromatic heterocycles. The summed E-state index contributed by atoms with van der Waals surface area (Å²) in [4.78, 5) is 14.3. The maximum Gasteiger partial charge on any atom is 0.230 e. The van der Waals surface area contributed by atoms with Gasteiger partial charge in [-0.3, -0.25) is 4.79 Å². The summed E-state index contributed by atoms with van der Waals surface area (Å²) in [5.74, 6) is 0.396. The summed E-state index contributed by atoms with van der Waals surface area (Å²) in [7, 11) is 1.82. The molecule has 1 aliphatic carbocycles. The number of aromatic hydroxyl groups is 1. The quantitative estimate of drug-likeness (QED) is 0.870. The molecule has 4 nitrogen and oxygen atoms in total. The van der Waals surface area contributed by atoms with Crippen LogP contribution in [0.2, 0.25) is 0 Å². The first kappa shape index (κ1) is 13.9. The van der Waals surface area contributed by atoms with Crippen LogP contribution in [0.3, 0.4) is 0 Å². The second-order valence-corrected chi connectivity index (χ2v) is 5.52. The van der Waals surface area contributed by atoms with Gasteiger partial charge in [0.2, 0.25) is 5.91 Å². The molecule has 1 aromatic carbocycles. The predicted molar refractivity (Wildman–Crippen MR) is 74.5 cm³/mol. The third kappa shape index (κ3) is 2.89. The van der Waals surface area contributed by atoms with E-state index < -0.39 is 0 Å². The second-order valence-electron chi connectivity index (χ2n) is 5.52. The minimum atomic E-state index is -0.342. The van der Waals surface area contributed by atoms with Crippen molar-refractivity contribution in [2.24, 2.45) is 11.1 Å². The first-order valence-electron chi connectivity index (χ1n) is 6.81. The van der Waals surface area contributed by atoms with E-state index in [4.69, 9.17) is 5.73 Å². The van der Waals surface area contributed by atoms with E-state index in [1.807, 2.05) is 19.2 Å². The Hall–Kier alpha value is -1.55. The number of hydrogen-bond acceptors (Lipinski definition) is 3. The number of phenolic OH excluding ortho intramolecular Hbond substituents is 1. The molecule has 3 N–H and O–H groups in total. The Morgan fingerprint density at radius 1 is 1.32 bits per heavy atom. The fourth-order valence-corrected chi connectivity index (χ4v) is 2.91. The number of rotatable bonds is 4. The SMILES string of the molecule is CN(Cc1ccc(O)cc1)C(=O)C1(CN)CCCC1. The van der Waals surface area contributed by atoms with Gasteiger partial charge in [0.15, 0.2) is 0 Å². The van der Waals surface area contributed by atoms with E-state index >= 15 is 0 Å². The van der Waals surface area contributed by atoms with Crippen molar-refractivity contribution < 1.29 is 9.90 Å². The lowest BCUT2D eigenvalue weighted by Crippen LogP contribution is -2.44. The molecular weight excluding hydrogens is 240 g/mol. The number of nitrogens with two attached hydrogens (primary N) is 1. The summed E-state index contributed by atoms with van der Waals surface area (Å²) in [5.41, 5.74) is 6.51. The highest BCUT2D eigenvalue weighted by molar-refractivity contribution is 5.83. The number of hydrogen-bond donors (Lipinski definition) is 2. The molecule has 1 amide bonds. The van der Waals surface area contributed by atoms with Crippen molar-refractivity contribution >= 4 is 5.91 Å². The van der Waals surface area contributed by atoms with Gasteiger partial charge >= 0.3 is 0 Å². The van der Waals surface area contributed by atoms with Gasteiger partial charge in [-0.1, -0.05) is 25.0 Å². The number of carbonyl (C=O) groups excluding carboxylic acids is 1. The maximum atomic E-state index is 12.6. The number of amides is 1. The van der Waals surface area contributed by atoms with Crippen LogP contribution in [-0.4, -0.2) is 29.5 Å². The van der Waals surface area contributed by atoms with E-state index in [2.05, 4.69) is 0 Å². The lowest BCUT2D eigenvalue weighted by Gasteiger charge is -2.31. The van der Waals surface area contributed by atoms with Crippen LogP contribution >= 0.6 is 0 Å². The van der Waals surface area contributed by atoms with Crippen molar-refractivity contribution in [1.29, 1.82) is 0 Å². The minimum Gasteiger partial charge on any atom is -0.508 e. The van der Waals surface area contributed by atoms with Gasteiger partial charge in [-0.25, -0.2) is 0 Å². The summed E-state index contributed by atoms with van der Waals surface area (Å²) in [6.45, 7) is 0.993. The fourth-order valence-electron chi connectivity index (χ4n) is 2.91. The summed E-state index contributed by atoms with van der Waals surface area (Å²) >= 11 is 0. The molecule has 0 atom stereocenters. The van der Waals surface area contributed by atoms with Crippen LogP contribution in [0.4, 0.5) is 0 Å². The largest absolute Gasteiger partial charge is 0.508 e. The van der Waals surface area contributed by atoms with Gasteiger partial charge in [-0.05, 0) is 30.5 Å². The number of benzene rings is 1. The van der Waals surface area contributed by atoms with Crippen LogP contribution in [0, 0.1) is 5.41 Å². The highest BCUT2D eigenvalue weighted by Crippen LogP contribution is 2.38. The molecule has 0 saturated heterocycles. The molecule has 0 unspecified atom stereocenters. The average molecular weight is 262 g/mol. The van der Waals surface area contributed by atoms with Gasteiger partial charge in [0.1, 0.15) is 5.75 Å². The zero-order valence-corrected chi connectivity index (χ0v) is 11.4. The molecule has 1 saturated carbocycles. The van der Waals surface area contributed by atoms with Gasteiger partial charge in [-0.2, -0.15) is 0 Å². The summed E-state index contributed by atoms with van der Waals surface area (Å²) in [5, 5.41) is 9.25. The summed E-state index contributed by atoms with van der Waals surface area (Å²) in [6.07, 6.45) is 4.00. The fraction of sp³-hybridized carbons (Fsp3) is 0.533. The maximum absolute atomic E-state index is 12.6. The molecule has 0 spiro atoms. The summed E-state index contributed by atoms with van der Waals surface area (Å²) in [6, 6.07) is 6.95. The Labute approximate surface area is 114 Å². The molecule has 4 heteroatoms. The van der Waals surface area contributed by atoms with Crippen molar-refractivity contribution in [3.63, 3.8) is 0 Å². The number of nitrogens with zero attached hydrogens (tertiary/aromatic N) is 1. The molecule has 1 aliphatic rings. The lowest BCUT2D eigenvalue weighted by molar-refractivity contribution is -0.140. The van der Waals surface area contributed by atoms with Crippen LogP contribution in [0.25, 0.3) is 0 Å². The Morgan fingerprint density at radius 3 is 2.42 bits per heavy atom. The Kier molecular flexibility index (Phi) is 4.10. The highest BCUT2D eigenvalue weighted by atomic mass is 16.3. The van der Waals surface area contributed by atoms with Gasteiger partial charge in [0, 0.05) is 20.1 Å². The zero-order valence-electron chi connectivity index (χ0n) is 11.4. The standard InChI is InChI=1S/C15H22N2O2/c1-17(10-12-4-6-13(18)7-5-12)14(19)15(11-16)8-2-3-9-15/h4-7,18H,2-3,8-11,16H2,1H3. The van der Waals surface area contributed by atoms with Crippen LogP contribution in [0.1, 0.15) is 31.2 Å². The lowest BCUT2D eigenvalue weighted by atomic mass is 9.84. The molecule has 0 bridgehead atoms. The van der Waals surface area contributed by atoms with E-state index in [1.54, 1.807) is 17.0 Å². The van der Waals surface area contributed by atoms with Crippen molar-refractivity contribution in [2.45, 2.75) is 32.2 Å². The molecule has 104 valence electrons. The molecule has 0 heterocycles. The highest BCUT2D eigenvalue weighted by Gasteiger charge is 2.41. The van der Waals surface area contributed by atoms with Crippen molar-refractivity contribution in [1.82, 2.24) is 4.90 Å². The van der Waals surface area contributed by atoms with Crippen LogP contribution in [0.15, 0.2) is 24.3 Å². The first-order valence-corrected chi connectivity index (χ1v) is 6.81. The molecular formula is C15H22N2O2. The third-order valence-corrected chi connectivity index (χ3v) is 4.11. The second kappa shape index (κ2) is 5.61. The first-order chi connectivity index (χ1) is 9.07. The minimum absolute atomic E-state index is 0.153. The van der Waals surface area contributed by atoms with E-state index in [-0.39, 0.29) is 17.1 Å². The van der Waals surface area contributed by atoms with Gasteiger partial charge < -0.3 is 15.7 Å². The van der Waals surface area contributed by atoms with Crippen LogP contribution in [0.5, 0.6) is 5.75 Å². The molecule has 19 heavy (non-hydrogen) atoms. The smallest absolute Gasteiger partial charge is 0.230 e. The Balaban J connectivity index is 2.04. The van der Waals surface area contributed by atoms with Crippen molar-refractivity contribution in [3.05, 3.63) is 29.8 Å². The van der Waals surface area contributed by atoms with Gasteiger partial charge in [0.05, 0.1) is 5.41 Å². The van der Waals surface area contributed by atoms with Crippen molar-refractivity contribution in [2.75, 3.05) is 13.6 Å². The van der Waals surface area contributed by atoms with Crippen LogP contribution in [-0.2, 0) is 11.3 Å². The van der Waals surface area contributed by atoms with Gasteiger partial charge in [-0.15, -0.1) is 0 Å².